The Morgan fingerprint density at radius 1 is 1.13 bits per heavy atom. The molecule has 4 aromatic rings. The van der Waals surface area contributed by atoms with Crippen LogP contribution in [0.2, 0.25) is 0 Å². The molecule has 2 aromatic heterocycles. The lowest BCUT2D eigenvalue weighted by molar-refractivity contribution is 0.0956. The summed E-state index contributed by atoms with van der Waals surface area (Å²) in [5.74, 6) is 0.561. The molecule has 0 unspecified atom stereocenters. The van der Waals surface area contributed by atoms with E-state index < -0.39 is 0 Å². The number of carbonyl (C=O) groups is 1. The van der Waals surface area contributed by atoms with Crippen molar-refractivity contribution in [2.75, 3.05) is 6.61 Å². The highest BCUT2D eigenvalue weighted by molar-refractivity contribution is 7.13. The first-order chi connectivity index (χ1) is 15.2. The Labute approximate surface area is 185 Å². The fourth-order valence-corrected chi connectivity index (χ4v) is 3.81. The number of nitrogens with zero attached hydrogens (tertiary/aromatic N) is 2. The smallest absolute Gasteiger partial charge is 0.272 e. The molecule has 0 fully saturated rings. The number of unbranched alkanes of at least 4 members (excludes halogenated alkanes) is 1. The van der Waals surface area contributed by atoms with Crippen molar-refractivity contribution in [3.63, 3.8) is 0 Å². The summed E-state index contributed by atoms with van der Waals surface area (Å²) < 4.78 is 5.67. The van der Waals surface area contributed by atoms with Crippen LogP contribution in [0.3, 0.4) is 0 Å². The Balaban J connectivity index is 1.49. The van der Waals surface area contributed by atoms with E-state index in [9.17, 15) is 4.79 Å². The van der Waals surface area contributed by atoms with Crippen LogP contribution in [-0.4, -0.2) is 23.7 Å². The van der Waals surface area contributed by atoms with E-state index in [0.29, 0.717) is 12.2 Å². The van der Waals surface area contributed by atoms with Gasteiger partial charge in [0, 0.05) is 5.39 Å². The van der Waals surface area contributed by atoms with Gasteiger partial charge in [-0.1, -0.05) is 37.6 Å². The average molecular weight is 430 g/mol. The number of benzene rings is 2. The van der Waals surface area contributed by atoms with Gasteiger partial charge in [0.1, 0.15) is 5.75 Å². The van der Waals surface area contributed by atoms with Crippen LogP contribution >= 0.6 is 11.3 Å². The minimum absolute atomic E-state index is 0.271. The molecule has 0 radical (unpaired) electrons. The molecule has 2 heterocycles. The Hall–Kier alpha value is -3.51. The van der Waals surface area contributed by atoms with E-state index >= 15 is 0 Å². The summed E-state index contributed by atoms with van der Waals surface area (Å²) in [6, 6.07) is 21.1. The number of ether oxygens (including phenoxy) is 1. The Morgan fingerprint density at radius 3 is 2.74 bits per heavy atom. The minimum Gasteiger partial charge on any atom is -0.494 e. The molecule has 6 heteroatoms. The number of carbonyl (C=O) groups excluding carboxylic acids is 1. The molecule has 0 spiro atoms. The maximum atomic E-state index is 12.9. The number of hydrazone groups is 1. The number of aromatic nitrogens is 1. The predicted molar refractivity (Wildman–Crippen MR) is 127 cm³/mol. The molecule has 0 saturated carbocycles. The number of rotatable bonds is 8. The van der Waals surface area contributed by atoms with Crippen LogP contribution in [-0.2, 0) is 0 Å². The summed E-state index contributed by atoms with van der Waals surface area (Å²) in [6.45, 7) is 2.85. The molecule has 0 aliphatic heterocycles. The summed E-state index contributed by atoms with van der Waals surface area (Å²) in [6.07, 6.45) is 3.76. The van der Waals surface area contributed by atoms with Crippen molar-refractivity contribution in [1.82, 2.24) is 10.4 Å². The van der Waals surface area contributed by atoms with E-state index in [-0.39, 0.29) is 5.91 Å². The van der Waals surface area contributed by atoms with Crippen LogP contribution in [0.1, 0.15) is 35.7 Å². The second-order valence-corrected chi connectivity index (χ2v) is 7.97. The van der Waals surface area contributed by atoms with Crippen LogP contribution in [0.5, 0.6) is 5.75 Å². The largest absolute Gasteiger partial charge is 0.494 e. The van der Waals surface area contributed by atoms with Crippen molar-refractivity contribution in [3.8, 4) is 16.3 Å². The molecule has 2 aromatic carbocycles. The minimum atomic E-state index is -0.271. The Morgan fingerprint density at radius 2 is 1.97 bits per heavy atom. The van der Waals surface area contributed by atoms with Crippen LogP contribution in [0.25, 0.3) is 21.5 Å². The molecule has 0 aliphatic rings. The Kier molecular flexibility index (Phi) is 6.69. The molecule has 31 heavy (non-hydrogen) atoms. The van der Waals surface area contributed by atoms with E-state index in [0.717, 1.165) is 45.6 Å². The predicted octanol–water partition coefficient (Wildman–Crippen LogP) is 5.91. The second-order valence-electron chi connectivity index (χ2n) is 7.02. The maximum Gasteiger partial charge on any atom is 0.272 e. The van der Waals surface area contributed by atoms with Crippen molar-refractivity contribution < 1.29 is 9.53 Å². The van der Waals surface area contributed by atoms with Crippen molar-refractivity contribution in [3.05, 3.63) is 83.2 Å². The molecule has 1 N–H and O–H groups in total. The highest BCUT2D eigenvalue weighted by atomic mass is 32.1. The van der Waals surface area contributed by atoms with Crippen molar-refractivity contribution in [2.45, 2.75) is 19.8 Å². The summed E-state index contributed by atoms with van der Waals surface area (Å²) >= 11 is 1.59. The number of fused-ring (bicyclic) bond motifs is 1. The highest BCUT2D eigenvalue weighted by Crippen LogP contribution is 2.27. The highest BCUT2D eigenvalue weighted by Gasteiger charge is 2.13. The number of amides is 1. The molecule has 0 atom stereocenters. The standard InChI is InChI=1S/C25H23N3O2S/c1-2-3-14-30-19-12-10-18(11-13-19)17-26-28-25(29)21-16-23(24-9-6-15-31-24)27-22-8-5-4-7-20(21)22/h4-13,15-17H,2-3,14H2,1H3,(H,28,29). The Bertz CT molecular complexity index is 1190. The summed E-state index contributed by atoms with van der Waals surface area (Å²) in [7, 11) is 0. The molecule has 156 valence electrons. The monoisotopic (exact) mass is 429 g/mol. The number of thiophene rings is 1. The molecular formula is C25H23N3O2S. The third-order valence-corrected chi connectivity index (χ3v) is 5.65. The lowest BCUT2D eigenvalue weighted by atomic mass is 10.1. The molecule has 0 saturated heterocycles. The van der Waals surface area contributed by atoms with Gasteiger partial charge in [-0.25, -0.2) is 10.4 Å². The molecular weight excluding hydrogens is 406 g/mol. The lowest BCUT2D eigenvalue weighted by Crippen LogP contribution is -2.18. The van der Waals surface area contributed by atoms with Gasteiger partial charge >= 0.3 is 0 Å². The van der Waals surface area contributed by atoms with E-state index in [4.69, 9.17) is 9.72 Å². The van der Waals surface area contributed by atoms with Crippen LogP contribution < -0.4 is 10.2 Å². The third-order valence-electron chi connectivity index (χ3n) is 4.76. The number of hydrogen-bond acceptors (Lipinski definition) is 5. The third kappa shape index (κ3) is 5.16. The van der Waals surface area contributed by atoms with Gasteiger partial charge in [0.2, 0.25) is 0 Å². The van der Waals surface area contributed by atoms with Crippen molar-refractivity contribution >= 4 is 34.4 Å². The molecule has 0 aliphatic carbocycles. The number of hydrogen-bond donors (Lipinski definition) is 1. The van der Waals surface area contributed by atoms with Crippen molar-refractivity contribution in [1.29, 1.82) is 0 Å². The van der Waals surface area contributed by atoms with Gasteiger partial charge in [0.05, 0.1) is 34.5 Å². The molecule has 1 amide bonds. The maximum absolute atomic E-state index is 12.9. The normalized spacial score (nSPS) is 11.1. The zero-order valence-electron chi connectivity index (χ0n) is 17.2. The van der Waals surface area contributed by atoms with Crippen LogP contribution in [0, 0.1) is 0 Å². The van der Waals surface area contributed by atoms with Gasteiger partial charge in [0.15, 0.2) is 0 Å². The quantitative estimate of drug-likeness (QED) is 0.215. The van der Waals surface area contributed by atoms with Crippen molar-refractivity contribution in [2.24, 2.45) is 5.10 Å². The second kappa shape index (κ2) is 10.00. The zero-order chi connectivity index (χ0) is 21.5. The molecule has 4 rings (SSSR count). The SMILES string of the molecule is CCCCOc1ccc(C=NNC(=O)c2cc(-c3cccs3)nc3ccccc23)cc1. The van der Waals surface area contributed by atoms with Gasteiger partial charge in [-0.05, 0) is 59.8 Å². The van der Waals surface area contributed by atoms with Crippen LogP contribution in [0.15, 0.2) is 77.2 Å². The molecule has 0 bridgehead atoms. The summed E-state index contributed by atoms with van der Waals surface area (Å²) in [5, 5.41) is 6.93. The topological polar surface area (TPSA) is 63.6 Å². The van der Waals surface area contributed by atoms with Crippen LogP contribution in [0.4, 0.5) is 0 Å². The van der Waals surface area contributed by atoms with E-state index in [2.05, 4.69) is 17.5 Å². The average Bonchev–Trinajstić information content (AvgIpc) is 3.34. The first-order valence-electron chi connectivity index (χ1n) is 10.2. The van der Waals surface area contributed by atoms with E-state index in [1.165, 1.54) is 0 Å². The fourth-order valence-electron chi connectivity index (χ4n) is 3.12. The lowest BCUT2D eigenvalue weighted by Gasteiger charge is -2.08. The summed E-state index contributed by atoms with van der Waals surface area (Å²) in [5.41, 5.74) is 5.63. The van der Waals surface area contributed by atoms with Gasteiger partial charge in [-0.2, -0.15) is 5.10 Å². The fraction of sp³-hybridized carbons (Fsp3) is 0.160. The first kappa shape index (κ1) is 20.8. The molecule has 5 nitrogen and oxygen atoms in total. The van der Waals surface area contributed by atoms with Gasteiger partial charge in [0.25, 0.3) is 5.91 Å². The number of pyridine rings is 1. The summed E-state index contributed by atoms with van der Waals surface area (Å²) in [4.78, 5) is 18.6. The van der Waals surface area contributed by atoms with Gasteiger partial charge < -0.3 is 4.74 Å². The van der Waals surface area contributed by atoms with Gasteiger partial charge in [-0.3, -0.25) is 4.79 Å². The number of para-hydroxylation sites is 1. The number of nitrogens with one attached hydrogen (secondary N) is 1. The van der Waals surface area contributed by atoms with Gasteiger partial charge in [-0.15, -0.1) is 11.3 Å². The van der Waals surface area contributed by atoms with E-state index in [1.54, 1.807) is 17.6 Å². The van der Waals surface area contributed by atoms with E-state index in [1.807, 2.05) is 72.1 Å². The first-order valence-corrected chi connectivity index (χ1v) is 11.1. The zero-order valence-corrected chi connectivity index (χ0v) is 18.1.